The van der Waals surface area contributed by atoms with Crippen LogP contribution in [0.2, 0.25) is 0 Å². The number of nitrogen functional groups attached to an aromatic ring is 1. The number of sulfonamides is 1. The predicted octanol–water partition coefficient (Wildman–Crippen LogP) is 1.17. The summed E-state index contributed by atoms with van der Waals surface area (Å²) in [5.74, 6) is -0.228. The number of aryl methyl sites for hydroxylation is 1. The van der Waals surface area contributed by atoms with Crippen LogP contribution in [0.5, 0.6) is 0 Å². The molecule has 0 fully saturated rings. The SMILES string of the molecule is [2H]c1c([2H])c(S(=O)(=O)Nc2nccc(C)n2)c([2H])c([2H])c1N. The zero-order valence-electron chi connectivity index (χ0n) is 13.4. The van der Waals surface area contributed by atoms with Crippen molar-refractivity contribution in [3.63, 3.8) is 0 Å². The van der Waals surface area contributed by atoms with E-state index in [4.69, 9.17) is 11.2 Å². The van der Waals surface area contributed by atoms with E-state index in [9.17, 15) is 8.42 Å². The molecule has 2 rings (SSSR count). The van der Waals surface area contributed by atoms with Crippen molar-refractivity contribution in [3.8, 4) is 0 Å². The van der Waals surface area contributed by atoms with E-state index in [1.54, 1.807) is 13.0 Å². The Morgan fingerprint density at radius 3 is 2.61 bits per heavy atom. The molecule has 0 saturated carbocycles. The maximum Gasteiger partial charge on any atom is 0.264 e. The standard InChI is InChI=1S/C11H12N4O2S/c1-8-6-7-13-11(14-8)15-18(16,17)10-4-2-9(12)3-5-10/h2-7H,12H2,1H3,(H,13,14,15)/i2D,3D,4D,5D. The van der Waals surface area contributed by atoms with Crippen LogP contribution < -0.4 is 10.5 Å². The van der Waals surface area contributed by atoms with Crippen LogP contribution in [0.1, 0.15) is 11.2 Å². The summed E-state index contributed by atoms with van der Waals surface area (Å²) in [6.45, 7) is 1.64. The maximum atomic E-state index is 12.3. The lowest BCUT2D eigenvalue weighted by molar-refractivity contribution is 0.601. The molecule has 18 heavy (non-hydrogen) atoms. The summed E-state index contributed by atoms with van der Waals surface area (Å²) in [6.07, 6.45) is 1.35. The van der Waals surface area contributed by atoms with Crippen molar-refractivity contribution in [1.29, 1.82) is 0 Å². The van der Waals surface area contributed by atoms with E-state index in [2.05, 4.69) is 9.97 Å². The Kier molecular flexibility index (Phi) is 2.06. The molecule has 0 saturated heterocycles. The highest BCUT2D eigenvalue weighted by molar-refractivity contribution is 7.92. The number of aromatic nitrogens is 2. The zero-order chi connectivity index (χ0) is 16.7. The minimum absolute atomic E-state index is 0.228. The molecule has 0 spiro atoms. The number of hydrogen-bond acceptors (Lipinski definition) is 5. The summed E-state index contributed by atoms with van der Waals surface area (Å²) < 4.78 is 57.3. The van der Waals surface area contributed by atoms with Gasteiger partial charge in [-0.3, -0.25) is 0 Å². The Bertz CT molecular complexity index is 828. The van der Waals surface area contributed by atoms with Gasteiger partial charge in [-0.25, -0.2) is 23.1 Å². The van der Waals surface area contributed by atoms with Gasteiger partial charge in [0.1, 0.15) is 0 Å². The molecular formula is C11H12N4O2S. The number of nitrogens with two attached hydrogens (primary N) is 1. The van der Waals surface area contributed by atoms with Gasteiger partial charge >= 0.3 is 0 Å². The van der Waals surface area contributed by atoms with Crippen LogP contribution in [0.3, 0.4) is 0 Å². The number of nitrogens with zero attached hydrogens (tertiary/aromatic N) is 2. The predicted molar refractivity (Wildman–Crippen MR) is 68.4 cm³/mol. The Labute approximate surface area is 111 Å². The van der Waals surface area contributed by atoms with Crippen LogP contribution in [-0.4, -0.2) is 18.4 Å². The first-order valence-electron chi connectivity index (χ1n) is 6.83. The second-order valence-corrected chi connectivity index (χ2v) is 4.99. The lowest BCUT2D eigenvalue weighted by Gasteiger charge is -2.06. The fourth-order valence-electron chi connectivity index (χ4n) is 1.11. The number of benzene rings is 1. The fraction of sp³-hybridized carbons (Fsp3) is 0.0909. The van der Waals surface area contributed by atoms with Crippen molar-refractivity contribution < 1.29 is 13.9 Å². The van der Waals surface area contributed by atoms with Gasteiger partial charge < -0.3 is 5.73 Å². The van der Waals surface area contributed by atoms with Crippen LogP contribution in [0.15, 0.2) is 41.3 Å². The summed E-state index contributed by atoms with van der Waals surface area (Å²) in [5.41, 5.74) is 5.52. The zero-order valence-corrected chi connectivity index (χ0v) is 10.2. The number of hydrogen-bond donors (Lipinski definition) is 2. The quantitative estimate of drug-likeness (QED) is 0.814. The lowest BCUT2D eigenvalue weighted by atomic mass is 10.3. The first-order chi connectivity index (χ1) is 10.1. The third kappa shape index (κ3) is 2.75. The molecule has 0 radical (unpaired) electrons. The van der Waals surface area contributed by atoms with Crippen molar-refractivity contribution in [2.24, 2.45) is 0 Å². The van der Waals surface area contributed by atoms with Gasteiger partial charge in [-0.15, -0.1) is 0 Å². The molecular weight excluding hydrogens is 252 g/mol. The second-order valence-electron chi connectivity index (χ2n) is 3.37. The molecule has 0 bridgehead atoms. The van der Waals surface area contributed by atoms with E-state index in [1.807, 2.05) is 4.72 Å². The number of rotatable bonds is 3. The summed E-state index contributed by atoms with van der Waals surface area (Å²) in [5, 5.41) is 0. The van der Waals surface area contributed by atoms with Gasteiger partial charge in [0.25, 0.3) is 10.0 Å². The highest BCUT2D eigenvalue weighted by atomic mass is 32.2. The van der Waals surface area contributed by atoms with Gasteiger partial charge in [0, 0.05) is 17.6 Å². The molecule has 1 aromatic heterocycles. The highest BCUT2D eigenvalue weighted by Crippen LogP contribution is 2.14. The minimum atomic E-state index is -4.40. The molecule has 0 amide bonds. The smallest absolute Gasteiger partial charge is 0.264 e. The summed E-state index contributed by atoms with van der Waals surface area (Å²) >= 11 is 0. The van der Waals surface area contributed by atoms with Gasteiger partial charge in [0.15, 0.2) is 0 Å². The largest absolute Gasteiger partial charge is 0.399 e. The summed E-state index contributed by atoms with van der Waals surface area (Å²) in [7, 11) is -4.40. The van der Waals surface area contributed by atoms with E-state index < -0.39 is 44.8 Å². The molecule has 7 heteroatoms. The van der Waals surface area contributed by atoms with Gasteiger partial charge in [-0.1, -0.05) is 0 Å². The first-order valence-corrected chi connectivity index (χ1v) is 6.31. The molecule has 0 atom stereocenters. The number of nitrogens with one attached hydrogen (secondary N) is 1. The molecule has 2 aromatic rings. The second kappa shape index (κ2) is 4.61. The Morgan fingerprint density at radius 2 is 2.00 bits per heavy atom. The van der Waals surface area contributed by atoms with E-state index in [0.29, 0.717) is 5.69 Å². The first kappa shape index (κ1) is 8.04. The van der Waals surface area contributed by atoms with Crippen molar-refractivity contribution in [2.75, 3.05) is 10.5 Å². The molecule has 0 unspecified atom stereocenters. The topological polar surface area (TPSA) is 98.0 Å². The van der Waals surface area contributed by atoms with Crippen LogP contribution >= 0.6 is 0 Å². The molecule has 0 aliphatic carbocycles. The molecule has 1 heterocycles. The molecule has 1 aromatic carbocycles. The molecule has 0 aliphatic rings. The third-order valence-electron chi connectivity index (χ3n) is 1.91. The van der Waals surface area contributed by atoms with Gasteiger partial charge in [-0.2, -0.15) is 0 Å². The van der Waals surface area contributed by atoms with Gasteiger partial charge in [0.05, 0.1) is 10.4 Å². The van der Waals surface area contributed by atoms with Crippen LogP contribution in [-0.2, 0) is 10.0 Å². The highest BCUT2D eigenvalue weighted by Gasteiger charge is 2.15. The molecule has 94 valence electrons. The molecule has 3 N–H and O–H groups in total. The lowest BCUT2D eigenvalue weighted by Crippen LogP contribution is -2.15. The van der Waals surface area contributed by atoms with Crippen molar-refractivity contribution in [3.05, 3.63) is 42.1 Å². The Hall–Kier alpha value is -2.15. The number of anilines is 2. The van der Waals surface area contributed by atoms with Crippen LogP contribution in [0.25, 0.3) is 0 Å². The summed E-state index contributed by atoms with van der Waals surface area (Å²) in [4.78, 5) is 6.79. The third-order valence-corrected chi connectivity index (χ3v) is 3.10. The Balaban J connectivity index is 2.60. The normalized spacial score (nSPS) is 14.3. The summed E-state index contributed by atoms with van der Waals surface area (Å²) in [6, 6.07) is -1.17. The average molecular weight is 268 g/mol. The Morgan fingerprint density at radius 1 is 1.33 bits per heavy atom. The van der Waals surface area contributed by atoms with Gasteiger partial charge in [-0.05, 0) is 37.2 Å². The average Bonchev–Trinajstić information content (AvgIpc) is 2.42. The van der Waals surface area contributed by atoms with Crippen LogP contribution in [0.4, 0.5) is 11.6 Å². The van der Waals surface area contributed by atoms with E-state index >= 15 is 0 Å². The minimum Gasteiger partial charge on any atom is -0.399 e. The molecule has 0 aliphatic heterocycles. The van der Waals surface area contributed by atoms with E-state index in [1.165, 1.54) is 6.20 Å². The van der Waals surface area contributed by atoms with E-state index in [0.717, 1.165) is 0 Å². The van der Waals surface area contributed by atoms with E-state index in [-0.39, 0.29) is 5.95 Å². The van der Waals surface area contributed by atoms with Crippen molar-refractivity contribution in [1.82, 2.24) is 9.97 Å². The molecule has 6 nitrogen and oxygen atoms in total. The van der Waals surface area contributed by atoms with Gasteiger partial charge in [0.2, 0.25) is 5.95 Å². The van der Waals surface area contributed by atoms with Crippen molar-refractivity contribution >= 4 is 21.7 Å². The van der Waals surface area contributed by atoms with Crippen molar-refractivity contribution in [2.45, 2.75) is 11.8 Å². The monoisotopic (exact) mass is 268 g/mol. The fourth-order valence-corrected chi connectivity index (χ4v) is 1.93. The maximum absolute atomic E-state index is 12.3. The van der Waals surface area contributed by atoms with Crippen LogP contribution in [0, 0.1) is 6.92 Å².